The summed E-state index contributed by atoms with van der Waals surface area (Å²) in [6.07, 6.45) is -3.54. The molecule has 1 aromatic heterocycles. The average molecular weight is 387 g/mol. The van der Waals surface area contributed by atoms with E-state index in [9.17, 15) is 18.0 Å². The van der Waals surface area contributed by atoms with Crippen LogP contribution in [0.15, 0.2) is 24.3 Å². The van der Waals surface area contributed by atoms with E-state index in [1.165, 1.54) is 0 Å². The standard InChI is InChI=1S/C17H18ClF3N4O/c18-13-3-1-2-11(8-13)4-5-16(26)22-10-15-24-23-14-9-12(17(19,20)21)6-7-25(14)15/h1-3,8,12H,4-7,9-10H2,(H,22,26)/t12-/m0/s1. The van der Waals surface area contributed by atoms with Crippen LogP contribution in [0, 0.1) is 5.92 Å². The van der Waals surface area contributed by atoms with Crippen molar-refractivity contribution in [3.05, 3.63) is 46.5 Å². The highest BCUT2D eigenvalue weighted by Gasteiger charge is 2.42. The third-order valence-electron chi connectivity index (χ3n) is 4.47. The number of hydrogen-bond acceptors (Lipinski definition) is 3. The van der Waals surface area contributed by atoms with Crippen LogP contribution in [-0.2, 0) is 30.7 Å². The number of carbonyl (C=O) groups is 1. The van der Waals surface area contributed by atoms with Crippen LogP contribution in [0.4, 0.5) is 13.2 Å². The van der Waals surface area contributed by atoms with Crippen molar-refractivity contribution < 1.29 is 18.0 Å². The van der Waals surface area contributed by atoms with Crippen LogP contribution in [-0.4, -0.2) is 26.8 Å². The molecule has 2 aromatic rings. The van der Waals surface area contributed by atoms with Gasteiger partial charge in [0.15, 0.2) is 5.82 Å². The molecule has 0 unspecified atom stereocenters. The van der Waals surface area contributed by atoms with Crippen molar-refractivity contribution in [2.75, 3.05) is 0 Å². The number of fused-ring (bicyclic) bond motifs is 1. The number of carbonyl (C=O) groups excluding carboxylic acids is 1. The molecule has 140 valence electrons. The smallest absolute Gasteiger partial charge is 0.349 e. The lowest BCUT2D eigenvalue weighted by atomic mass is 9.97. The van der Waals surface area contributed by atoms with E-state index in [1.807, 2.05) is 12.1 Å². The van der Waals surface area contributed by atoms with E-state index in [4.69, 9.17) is 11.6 Å². The molecule has 1 aromatic carbocycles. The van der Waals surface area contributed by atoms with Gasteiger partial charge >= 0.3 is 6.18 Å². The van der Waals surface area contributed by atoms with E-state index in [-0.39, 0.29) is 38.3 Å². The SMILES string of the molecule is O=C(CCc1cccc(Cl)c1)NCc1nnc2n1CC[C@H](C(F)(F)F)C2. The van der Waals surface area contributed by atoms with Crippen LogP contribution < -0.4 is 5.32 Å². The molecule has 0 aliphatic carbocycles. The molecule has 0 fully saturated rings. The summed E-state index contributed by atoms with van der Waals surface area (Å²) in [7, 11) is 0. The molecule has 1 N–H and O–H groups in total. The van der Waals surface area contributed by atoms with Crippen molar-refractivity contribution in [3.63, 3.8) is 0 Å². The molecule has 0 radical (unpaired) electrons. The molecule has 2 heterocycles. The maximum atomic E-state index is 12.8. The predicted octanol–water partition coefficient (Wildman–Crippen LogP) is 3.31. The Bertz CT molecular complexity index is 791. The summed E-state index contributed by atoms with van der Waals surface area (Å²) >= 11 is 5.91. The van der Waals surface area contributed by atoms with Gasteiger partial charge in [0.25, 0.3) is 0 Å². The van der Waals surface area contributed by atoms with Crippen molar-refractivity contribution >= 4 is 17.5 Å². The fourth-order valence-corrected chi connectivity index (χ4v) is 3.23. The van der Waals surface area contributed by atoms with Gasteiger partial charge in [0.2, 0.25) is 5.91 Å². The fraction of sp³-hybridized carbons (Fsp3) is 0.471. The summed E-state index contributed by atoms with van der Waals surface area (Å²) in [6, 6.07) is 7.29. The highest BCUT2D eigenvalue weighted by Crippen LogP contribution is 2.34. The topological polar surface area (TPSA) is 59.8 Å². The van der Waals surface area contributed by atoms with E-state index in [1.54, 1.807) is 16.7 Å². The molecule has 1 aliphatic heterocycles. The minimum atomic E-state index is -4.22. The van der Waals surface area contributed by atoms with Gasteiger partial charge in [-0.15, -0.1) is 10.2 Å². The Morgan fingerprint density at radius 2 is 2.15 bits per heavy atom. The first-order chi connectivity index (χ1) is 12.3. The van der Waals surface area contributed by atoms with Gasteiger partial charge < -0.3 is 9.88 Å². The third kappa shape index (κ3) is 4.55. The Morgan fingerprint density at radius 3 is 2.88 bits per heavy atom. The molecule has 1 amide bonds. The maximum Gasteiger partial charge on any atom is 0.392 e. The van der Waals surface area contributed by atoms with E-state index in [2.05, 4.69) is 15.5 Å². The molecule has 1 aliphatic rings. The molecular formula is C17H18ClF3N4O. The number of nitrogens with zero attached hydrogens (tertiary/aromatic N) is 3. The first-order valence-electron chi connectivity index (χ1n) is 8.32. The Balaban J connectivity index is 1.51. The van der Waals surface area contributed by atoms with Gasteiger partial charge in [-0.05, 0) is 30.5 Å². The number of hydrogen-bond donors (Lipinski definition) is 1. The van der Waals surface area contributed by atoms with Crippen molar-refractivity contribution in [1.82, 2.24) is 20.1 Å². The van der Waals surface area contributed by atoms with Crippen LogP contribution in [0.1, 0.15) is 30.1 Å². The molecule has 5 nitrogen and oxygen atoms in total. The lowest BCUT2D eigenvalue weighted by Gasteiger charge is -2.25. The van der Waals surface area contributed by atoms with Gasteiger partial charge in [-0.1, -0.05) is 23.7 Å². The molecule has 3 rings (SSSR count). The first-order valence-corrected chi connectivity index (χ1v) is 8.69. The number of aromatic nitrogens is 3. The van der Waals surface area contributed by atoms with Gasteiger partial charge in [-0.2, -0.15) is 13.2 Å². The van der Waals surface area contributed by atoms with Crippen LogP contribution in [0.3, 0.4) is 0 Å². The number of aryl methyl sites for hydroxylation is 1. The summed E-state index contributed by atoms with van der Waals surface area (Å²) in [5.41, 5.74) is 0.964. The second-order valence-corrected chi connectivity index (χ2v) is 6.76. The first kappa shape index (κ1) is 18.7. The lowest BCUT2D eigenvalue weighted by Crippen LogP contribution is -2.32. The monoisotopic (exact) mass is 386 g/mol. The zero-order valence-corrected chi connectivity index (χ0v) is 14.6. The normalized spacial score (nSPS) is 17.0. The second kappa shape index (κ2) is 7.65. The van der Waals surface area contributed by atoms with Gasteiger partial charge in [-0.3, -0.25) is 4.79 Å². The van der Waals surface area contributed by atoms with Crippen LogP contribution in [0.25, 0.3) is 0 Å². The van der Waals surface area contributed by atoms with Crippen LogP contribution in [0.2, 0.25) is 5.02 Å². The highest BCUT2D eigenvalue weighted by molar-refractivity contribution is 6.30. The Hall–Kier alpha value is -2.09. The van der Waals surface area contributed by atoms with Crippen LogP contribution in [0.5, 0.6) is 0 Å². The average Bonchev–Trinajstić information content (AvgIpc) is 3.00. The summed E-state index contributed by atoms with van der Waals surface area (Å²) in [6.45, 7) is 0.359. The van der Waals surface area contributed by atoms with Gasteiger partial charge in [0.05, 0.1) is 12.5 Å². The summed E-state index contributed by atoms with van der Waals surface area (Å²) in [5, 5.41) is 11.1. The number of benzene rings is 1. The molecule has 0 bridgehead atoms. The minimum Gasteiger partial charge on any atom is -0.349 e. The zero-order chi connectivity index (χ0) is 18.7. The van der Waals surface area contributed by atoms with Crippen molar-refractivity contribution in [2.24, 2.45) is 5.92 Å². The number of nitrogens with one attached hydrogen (secondary N) is 1. The molecule has 0 saturated heterocycles. The highest BCUT2D eigenvalue weighted by atomic mass is 35.5. The molecule has 1 atom stereocenters. The summed E-state index contributed by atoms with van der Waals surface area (Å²) < 4.78 is 40.1. The van der Waals surface area contributed by atoms with E-state index >= 15 is 0 Å². The Morgan fingerprint density at radius 1 is 1.35 bits per heavy atom. The molecule has 9 heteroatoms. The lowest BCUT2D eigenvalue weighted by molar-refractivity contribution is -0.179. The van der Waals surface area contributed by atoms with Crippen molar-refractivity contribution in [2.45, 2.75) is 44.9 Å². The van der Waals surface area contributed by atoms with E-state index in [0.717, 1.165) is 5.56 Å². The predicted molar refractivity (Wildman–Crippen MR) is 89.5 cm³/mol. The van der Waals surface area contributed by atoms with Crippen molar-refractivity contribution in [3.8, 4) is 0 Å². The van der Waals surface area contributed by atoms with Gasteiger partial charge in [0, 0.05) is 24.4 Å². The molecule has 0 spiro atoms. The molecule has 0 saturated carbocycles. The minimum absolute atomic E-state index is 0.00422. The number of rotatable bonds is 5. The van der Waals surface area contributed by atoms with E-state index in [0.29, 0.717) is 23.1 Å². The number of halogens is 4. The van der Waals surface area contributed by atoms with E-state index < -0.39 is 12.1 Å². The largest absolute Gasteiger partial charge is 0.392 e. The third-order valence-corrected chi connectivity index (χ3v) is 4.71. The Kier molecular flexibility index (Phi) is 5.50. The second-order valence-electron chi connectivity index (χ2n) is 6.32. The fourth-order valence-electron chi connectivity index (χ4n) is 3.02. The van der Waals surface area contributed by atoms with Gasteiger partial charge in [0.1, 0.15) is 5.82 Å². The summed E-state index contributed by atoms with van der Waals surface area (Å²) in [4.78, 5) is 12.0. The van der Waals surface area contributed by atoms with Gasteiger partial charge in [-0.25, -0.2) is 0 Å². The molecule has 26 heavy (non-hydrogen) atoms. The maximum absolute atomic E-state index is 12.8. The van der Waals surface area contributed by atoms with Crippen molar-refractivity contribution in [1.29, 1.82) is 0 Å². The number of amides is 1. The Labute approximate surface area is 153 Å². The number of alkyl halides is 3. The quantitative estimate of drug-likeness (QED) is 0.857. The zero-order valence-electron chi connectivity index (χ0n) is 13.9. The summed E-state index contributed by atoms with van der Waals surface area (Å²) in [5.74, 6) is -0.732. The molecular weight excluding hydrogens is 369 g/mol. The van der Waals surface area contributed by atoms with Crippen LogP contribution >= 0.6 is 11.6 Å².